The second-order valence-electron chi connectivity index (χ2n) is 7.24. The minimum Gasteiger partial charge on any atom is -0.345 e. The van der Waals surface area contributed by atoms with Crippen LogP contribution in [0.2, 0.25) is 0 Å². The Morgan fingerprint density at radius 2 is 1.93 bits per heavy atom. The van der Waals surface area contributed by atoms with Crippen LogP contribution in [0, 0.1) is 0 Å². The number of fused-ring (bicyclic) bond motifs is 1. The van der Waals surface area contributed by atoms with Crippen molar-refractivity contribution in [2.24, 2.45) is 0 Å². The van der Waals surface area contributed by atoms with E-state index in [-0.39, 0.29) is 23.4 Å². The van der Waals surface area contributed by atoms with Crippen LogP contribution in [0.3, 0.4) is 0 Å². The third-order valence-electron chi connectivity index (χ3n) is 5.26. The fraction of sp³-hybridized carbons (Fsp3) is 0.500. The Balaban J connectivity index is 1.74. The number of nitrogens with one attached hydrogen (secondary N) is 2. The van der Waals surface area contributed by atoms with E-state index < -0.39 is 11.7 Å². The number of amides is 2. The highest BCUT2D eigenvalue weighted by molar-refractivity contribution is 7.98. The quantitative estimate of drug-likeness (QED) is 0.731. The van der Waals surface area contributed by atoms with Crippen LogP contribution in [0.5, 0.6) is 0 Å². The van der Waals surface area contributed by atoms with Crippen LogP contribution in [0.4, 0.5) is 0 Å². The van der Waals surface area contributed by atoms with Crippen molar-refractivity contribution >= 4 is 34.5 Å². The molecular weight excluding hydrogens is 392 g/mol. The minimum absolute atomic E-state index is 0.104. The number of rotatable bonds is 6. The number of carbonyl (C=O) groups excluding carboxylic acids is 2. The number of benzene rings is 1. The number of para-hydroxylation sites is 1. The van der Waals surface area contributed by atoms with Crippen molar-refractivity contribution in [2.75, 3.05) is 25.1 Å². The zero-order chi connectivity index (χ0) is 21.0. The molecule has 8 nitrogen and oxygen atoms in total. The summed E-state index contributed by atoms with van der Waals surface area (Å²) in [5, 5.41) is 3.22. The Kier molecular flexibility index (Phi) is 6.79. The zero-order valence-corrected chi connectivity index (χ0v) is 17.5. The number of aromatic nitrogens is 2. The van der Waals surface area contributed by atoms with Gasteiger partial charge >= 0.3 is 5.69 Å². The van der Waals surface area contributed by atoms with Crippen molar-refractivity contribution in [3.8, 4) is 0 Å². The van der Waals surface area contributed by atoms with Crippen molar-refractivity contribution in [2.45, 2.75) is 38.3 Å². The molecule has 1 aromatic heterocycles. The molecule has 0 spiro atoms. The number of thioether (sulfide) groups is 1. The molecular formula is C20H26N4O4S. The molecule has 156 valence electrons. The molecule has 9 heteroatoms. The van der Waals surface area contributed by atoms with Gasteiger partial charge in [-0.2, -0.15) is 11.8 Å². The summed E-state index contributed by atoms with van der Waals surface area (Å²) in [7, 11) is 0. The van der Waals surface area contributed by atoms with Crippen LogP contribution in [0.15, 0.2) is 33.9 Å². The summed E-state index contributed by atoms with van der Waals surface area (Å²) < 4.78 is 1.28. The molecule has 0 unspecified atom stereocenters. The topological polar surface area (TPSA) is 104 Å². The Labute approximate surface area is 172 Å². The molecule has 1 atom stereocenters. The van der Waals surface area contributed by atoms with Crippen molar-refractivity contribution in [1.29, 1.82) is 0 Å². The average molecular weight is 419 g/mol. The molecule has 0 aliphatic carbocycles. The largest absolute Gasteiger partial charge is 0.345 e. The predicted octanol–water partition coefficient (Wildman–Crippen LogP) is 1.11. The van der Waals surface area contributed by atoms with E-state index in [0.717, 1.165) is 5.75 Å². The van der Waals surface area contributed by atoms with Gasteiger partial charge in [0.25, 0.3) is 5.56 Å². The molecule has 1 aromatic carbocycles. The van der Waals surface area contributed by atoms with Crippen LogP contribution < -0.4 is 16.6 Å². The maximum Gasteiger partial charge on any atom is 0.329 e. The van der Waals surface area contributed by atoms with Gasteiger partial charge in [-0.25, -0.2) is 4.79 Å². The average Bonchev–Trinajstić information content (AvgIpc) is 2.71. The SMILES string of the molecule is CSCC[C@@H](NC(C)=O)C(=O)N1CCC(n2c(=O)[nH]c3ccccc3c2=O)CC1. The van der Waals surface area contributed by atoms with Gasteiger partial charge in [-0.15, -0.1) is 0 Å². The Bertz CT molecular complexity index is 1010. The molecule has 29 heavy (non-hydrogen) atoms. The van der Waals surface area contributed by atoms with E-state index in [2.05, 4.69) is 10.3 Å². The normalized spacial score (nSPS) is 16.0. The van der Waals surface area contributed by atoms with Gasteiger partial charge in [0, 0.05) is 26.1 Å². The van der Waals surface area contributed by atoms with E-state index in [1.807, 2.05) is 6.26 Å². The lowest BCUT2D eigenvalue weighted by Crippen LogP contribution is -2.51. The molecule has 2 amide bonds. The standard InChI is InChI=1S/C20H26N4O4S/c1-13(25)21-17(9-12-29-2)19(27)23-10-7-14(8-11-23)24-18(26)15-5-3-4-6-16(15)22-20(24)28/h3-6,14,17H,7-12H2,1-2H3,(H,21,25)(H,22,28)/t17-/m1/s1. The number of hydrogen-bond acceptors (Lipinski definition) is 5. The van der Waals surface area contributed by atoms with E-state index in [1.54, 1.807) is 40.9 Å². The van der Waals surface area contributed by atoms with Gasteiger partial charge in [0.2, 0.25) is 11.8 Å². The van der Waals surface area contributed by atoms with Gasteiger partial charge in [-0.05, 0) is 43.4 Å². The first-order valence-corrected chi connectivity index (χ1v) is 11.1. The molecule has 0 saturated carbocycles. The fourth-order valence-electron chi connectivity index (χ4n) is 3.81. The molecule has 1 saturated heterocycles. The number of likely N-dealkylation sites (tertiary alicyclic amines) is 1. The summed E-state index contributed by atoms with van der Waals surface area (Å²) in [6.07, 6.45) is 3.56. The van der Waals surface area contributed by atoms with Crippen molar-refractivity contribution < 1.29 is 9.59 Å². The monoisotopic (exact) mass is 418 g/mol. The van der Waals surface area contributed by atoms with Crippen molar-refractivity contribution in [3.63, 3.8) is 0 Å². The van der Waals surface area contributed by atoms with E-state index in [9.17, 15) is 19.2 Å². The van der Waals surface area contributed by atoms with Crippen LogP contribution in [-0.4, -0.2) is 57.4 Å². The molecule has 2 aromatic rings. The Morgan fingerprint density at radius 3 is 2.59 bits per heavy atom. The maximum atomic E-state index is 12.9. The molecule has 1 fully saturated rings. The molecule has 1 aliphatic rings. The minimum atomic E-state index is -0.539. The molecule has 3 rings (SSSR count). The highest BCUT2D eigenvalue weighted by atomic mass is 32.2. The second-order valence-corrected chi connectivity index (χ2v) is 8.23. The summed E-state index contributed by atoms with van der Waals surface area (Å²) in [4.78, 5) is 54.1. The van der Waals surface area contributed by atoms with Gasteiger partial charge in [-0.1, -0.05) is 12.1 Å². The summed E-state index contributed by atoms with van der Waals surface area (Å²) in [5.74, 6) is 0.440. The number of nitrogens with zero attached hydrogens (tertiary/aromatic N) is 2. The molecule has 0 bridgehead atoms. The van der Waals surface area contributed by atoms with E-state index in [4.69, 9.17) is 0 Å². The fourth-order valence-corrected chi connectivity index (χ4v) is 4.28. The van der Waals surface area contributed by atoms with E-state index in [1.165, 1.54) is 11.5 Å². The number of hydrogen-bond donors (Lipinski definition) is 2. The third kappa shape index (κ3) is 4.72. The first-order valence-electron chi connectivity index (χ1n) is 9.70. The van der Waals surface area contributed by atoms with Gasteiger partial charge in [-0.3, -0.25) is 19.0 Å². The molecule has 2 N–H and O–H groups in total. The van der Waals surface area contributed by atoms with Crippen molar-refractivity contribution in [1.82, 2.24) is 19.8 Å². The highest BCUT2D eigenvalue weighted by Crippen LogP contribution is 2.21. The van der Waals surface area contributed by atoms with Gasteiger partial charge in [0.1, 0.15) is 6.04 Å². The number of H-pyrrole nitrogens is 1. The van der Waals surface area contributed by atoms with Crippen LogP contribution >= 0.6 is 11.8 Å². The lowest BCUT2D eigenvalue weighted by atomic mass is 10.0. The number of piperidine rings is 1. The van der Waals surface area contributed by atoms with Crippen LogP contribution in [0.1, 0.15) is 32.2 Å². The maximum absolute atomic E-state index is 12.9. The van der Waals surface area contributed by atoms with E-state index in [0.29, 0.717) is 43.3 Å². The zero-order valence-electron chi connectivity index (χ0n) is 16.6. The lowest BCUT2D eigenvalue weighted by molar-refractivity contribution is -0.137. The predicted molar refractivity (Wildman–Crippen MR) is 114 cm³/mol. The molecule has 2 heterocycles. The van der Waals surface area contributed by atoms with Gasteiger partial charge < -0.3 is 15.2 Å². The van der Waals surface area contributed by atoms with Gasteiger partial charge in [0.05, 0.1) is 10.9 Å². The first-order chi connectivity index (χ1) is 13.9. The van der Waals surface area contributed by atoms with Crippen LogP contribution in [0.25, 0.3) is 10.9 Å². The van der Waals surface area contributed by atoms with Crippen LogP contribution in [-0.2, 0) is 9.59 Å². The summed E-state index contributed by atoms with van der Waals surface area (Å²) >= 11 is 1.62. The molecule has 1 aliphatic heterocycles. The van der Waals surface area contributed by atoms with Gasteiger partial charge in [0.15, 0.2) is 0 Å². The molecule has 0 radical (unpaired) electrons. The summed E-state index contributed by atoms with van der Waals surface area (Å²) in [5.41, 5.74) is -0.196. The smallest absolute Gasteiger partial charge is 0.329 e. The summed E-state index contributed by atoms with van der Waals surface area (Å²) in [6, 6.07) is 6.15. The Hall–Kier alpha value is -2.55. The number of carbonyl (C=O) groups is 2. The highest BCUT2D eigenvalue weighted by Gasteiger charge is 2.30. The summed E-state index contributed by atoms with van der Waals surface area (Å²) in [6.45, 7) is 2.29. The Morgan fingerprint density at radius 1 is 1.24 bits per heavy atom. The van der Waals surface area contributed by atoms with E-state index >= 15 is 0 Å². The third-order valence-corrected chi connectivity index (χ3v) is 5.91. The lowest BCUT2D eigenvalue weighted by Gasteiger charge is -2.34. The second kappa shape index (κ2) is 9.30. The first kappa shape index (κ1) is 21.2. The number of aromatic amines is 1. The van der Waals surface area contributed by atoms with Crippen molar-refractivity contribution in [3.05, 3.63) is 45.1 Å².